The van der Waals surface area contributed by atoms with Crippen LogP contribution in [0.3, 0.4) is 0 Å². The molecule has 0 atom stereocenters. The Morgan fingerprint density at radius 3 is 2.47 bits per heavy atom. The SMILES string of the molecule is Cc1cc(=O)[nH]c2ccc(S(=O)(=O)O)cc12.Cl. The number of nitrogens with one attached hydrogen (secondary N) is 1. The molecule has 0 aliphatic heterocycles. The van der Waals surface area contributed by atoms with E-state index in [4.69, 9.17) is 4.55 Å². The van der Waals surface area contributed by atoms with Crippen molar-refractivity contribution in [3.63, 3.8) is 0 Å². The van der Waals surface area contributed by atoms with Gasteiger partial charge in [0.25, 0.3) is 10.1 Å². The topological polar surface area (TPSA) is 87.2 Å². The lowest BCUT2D eigenvalue weighted by Gasteiger charge is -2.03. The van der Waals surface area contributed by atoms with E-state index in [0.717, 1.165) is 0 Å². The molecule has 7 heteroatoms. The zero-order valence-electron chi connectivity index (χ0n) is 8.80. The fraction of sp³-hybridized carbons (Fsp3) is 0.100. The Hall–Kier alpha value is -1.37. The highest BCUT2D eigenvalue weighted by molar-refractivity contribution is 7.85. The molecule has 17 heavy (non-hydrogen) atoms. The van der Waals surface area contributed by atoms with Crippen LogP contribution in [0.5, 0.6) is 0 Å². The summed E-state index contributed by atoms with van der Waals surface area (Å²) in [7, 11) is -4.21. The van der Waals surface area contributed by atoms with Crippen molar-refractivity contribution in [3.8, 4) is 0 Å². The van der Waals surface area contributed by atoms with Crippen LogP contribution in [0.2, 0.25) is 0 Å². The number of rotatable bonds is 1. The summed E-state index contributed by atoms with van der Waals surface area (Å²) >= 11 is 0. The highest BCUT2D eigenvalue weighted by Crippen LogP contribution is 2.19. The first-order valence-electron chi connectivity index (χ1n) is 4.49. The molecular formula is C10H10ClNO4S. The number of hydrogen-bond acceptors (Lipinski definition) is 3. The fourth-order valence-electron chi connectivity index (χ4n) is 1.56. The van der Waals surface area contributed by atoms with E-state index >= 15 is 0 Å². The molecule has 0 aliphatic rings. The van der Waals surface area contributed by atoms with Gasteiger partial charge in [-0.2, -0.15) is 8.42 Å². The van der Waals surface area contributed by atoms with Crippen molar-refractivity contribution in [2.75, 3.05) is 0 Å². The van der Waals surface area contributed by atoms with Crippen molar-refractivity contribution >= 4 is 33.4 Å². The van der Waals surface area contributed by atoms with Crippen LogP contribution in [-0.2, 0) is 10.1 Å². The second-order valence-corrected chi connectivity index (χ2v) is 4.92. The van der Waals surface area contributed by atoms with Gasteiger partial charge in [-0.3, -0.25) is 9.35 Å². The van der Waals surface area contributed by atoms with Crippen LogP contribution in [0.4, 0.5) is 0 Å². The van der Waals surface area contributed by atoms with E-state index in [1.807, 2.05) is 0 Å². The molecule has 0 spiro atoms. The molecular weight excluding hydrogens is 266 g/mol. The third kappa shape index (κ3) is 2.66. The Kier molecular flexibility index (Phi) is 3.61. The van der Waals surface area contributed by atoms with Crippen molar-refractivity contribution in [1.82, 2.24) is 4.98 Å². The van der Waals surface area contributed by atoms with Gasteiger partial charge in [0.1, 0.15) is 0 Å². The highest BCUT2D eigenvalue weighted by atomic mass is 35.5. The Morgan fingerprint density at radius 1 is 1.24 bits per heavy atom. The Labute approximate surface area is 104 Å². The van der Waals surface area contributed by atoms with Crippen LogP contribution >= 0.6 is 12.4 Å². The maximum Gasteiger partial charge on any atom is 0.294 e. The summed E-state index contributed by atoms with van der Waals surface area (Å²) in [5.74, 6) is 0. The summed E-state index contributed by atoms with van der Waals surface area (Å²) in [6, 6.07) is 5.39. The van der Waals surface area contributed by atoms with Crippen LogP contribution in [0.1, 0.15) is 5.56 Å². The molecule has 0 fully saturated rings. The Balaban J connectivity index is 0.00000144. The molecule has 1 aromatic heterocycles. The largest absolute Gasteiger partial charge is 0.322 e. The van der Waals surface area contributed by atoms with E-state index in [1.165, 1.54) is 24.3 Å². The average Bonchev–Trinajstić information content (AvgIpc) is 2.15. The van der Waals surface area contributed by atoms with Crippen LogP contribution < -0.4 is 5.56 Å². The number of fused-ring (bicyclic) bond motifs is 1. The number of pyridine rings is 1. The van der Waals surface area contributed by atoms with Crippen molar-refractivity contribution in [3.05, 3.63) is 40.2 Å². The van der Waals surface area contributed by atoms with E-state index in [-0.39, 0.29) is 22.9 Å². The van der Waals surface area contributed by atoms with Gasteiger partial charge < -0.3 is 4.98 Å². The number of H-pyrrole nitrogens is 1. The van der Waals surface area contributed by atoms with Crippen LogP contribution in [-0.4, -0.2) is 18.0 Å². The zero-order valence-corrected chi connectivity index (χ0v) is 10.4. The van der Waals surface area contributed by atoms with Gasteiger partial charge in [0, 0.05) is 17.0 Å². The maximum absolute atomic E-state index is 11.2. The Bertz CT molecular complexity index is 721. The Morgan fingerprint density at radius 2 is 1.88 bits per heavy atom. The number of aromatic amines is 1. The monoisotopic (exact) mass is 275 g/mol. The predicted molar refractivity (Wildman–Crippen MR) is 66.4 cm³/mol. The van der Waals surface area contributed by atoms with Crippen LogP contribution in [0.25, 0.3) is 10.9 Å². The normalized spacial score (nSPS) is 11.2. The van der Waals surface area contributed by atoms with E-state index in [2.05, 4.69) is 4.98 Å². The minimum atomic E-state index is -4.21. The van der Waals surface area contributed by atoms with Crippen LogP contribution in [0.15, 0.2) is 34.0 Å². The van der Waals surface area contributed by atoms with Gasteiger partial charge >= 0.3 is 0 Å². The summed E-state index contributed by atoms with van der Waals surface area (Å²) in [6.45, 7) is 1.70. The minimum absolute atomic E-state index is 0. The van der Waals surface area contributed by atoms with E-state index in [1.54, 1.807) is 6.92 Å². The molecule has 0 aliphatic carbocycles. The van der Waals surface area contributed by atoms with Gasteiger partial charge in [-0.1, -0.05) is 0 Å². The molecule has 0 saturated carbocycles. The average molecular weight is 276 g/mol. The van der Waals surface area contributed by atoms with Gasteiger partial charge in [0.15, 0.2) is 0 Å². The molecule has 1 heterocycles. The third-order valence-corrected chi connectivity index (χ3v) is 3.17. The van der Waals surface area contributed by atoms with Gasteiger partial charge in [0.05, 0.1) is 4.90 Å². The standard InChI is InChI=1S/C10H9NO4S.ClH/c1-6-4-10(12)11-9-3-2-7(5-8(6)9)16(13,14)15;/h2-5H,1H3,(H,11,12)(H,13,14,15);1H. The van der Waals surface area contributed by atoms with Crippen molar-refractivity contribution in [2.45, 2.75) is 11.8 Å². The maximum atomic E-state index is 11.2. The predicted octanol–water partition coefficient (Wildman–Crippen LogP) is 1.51. The van der Waals surface area contributed by atoms with Crippen molar-refractivity contribution in [1.29, 1.82) is 0 Å². The first-order valence-corrected chi connectivity index (χ1v) is 5.93. The van der Waals surface area contributed by atoms with Crippen molar-refractivity contribution < 1.29 is 13.0 Å². The number of halogens is 1. The summed E-state index contributed by atoms with van der Waals surface area (Å²) < 4.78 is 30.8. The van der Waals surface area contributed by atoms with Gasteiger partial charge in [-0.25, -0.2) is 0 Å². The summed E-state index contributed by atoms with van der Waals surface area (Å²) in [4.78, 5) is 13.6. The molecule has 0 saturated heterocycles. The van der Waals surface area contributed by atoms with E-state index < -0.39 is 10.1 Å². The highest BCUT2D eigenvalue weighted by Gasteiger charge is 2.10. The molecule has 5 nitrogen and oxygen atoms in total. The smallest absolute Gasteiger partial charge is 0.294 e. The number of aromatic nitrogens is 1. The third-order valence-electron chi connectivity index (χ3n) is 2.32. The second kappa shape index (κ2) is 4.48. The lowest BCUT2D eigenvalue weighted by atomic mass is 10.1. The van der Waals surface area contributed by atoms with E-state index in [0.29, 0.717) is 16.5 Å². The summed E-state index contributed by atoms with van der Waals surface area (Å²) in [5.41, 5.74) is 0.950. The van der Waals surface area contributed by atoms with Gasteiger partial charge in [-0.05, 0) is 30.7 Å². The number of aryl methyl sites for hydroxylation is 1. The molecule has 0 bridgehead atoms. The summed E-state index contributed by atoms with van der Waals surface area (Å²) in [5, 5.41) is 0.592. The van der Waals surface area contributed by atoms with Crippen molar-refractivity contribution in [2.24, 2.45) is 0 Å². The quantitative estimate of drug-likeness (QED) is 0.772. The number of benzene rings is 1. The number of hydrogen-bond donors (Lipinski definition) is 2. The van der Waals surface area contributed by atoms with Gasteiger partial charge in [-0.15, -0.1) is 12.4 Å². The molecule has 2 rings (SSSR count). The minimum Gasteiger partial charge on any atom is -0.322 e. The lowest BCUT2D eigenvalue weighted by molar-refractivity contribution is 0.483. The first kappa shape index (κ1) is 13.7. The molecule has 1 aromatic carbocycles. The molecule has 0 amide bonds. The summed E-state index contributed by atoms with van der Waals surface area (Å²) in [6.07, 6.45) is 0. The van der Waals surface area contributed by atoms with Gasteiger partial charge in [0.2, 0.25) is 5.56 Å². The molecule has 2 N–H and O–H groups in total. The molecule has 0 unspecified atom stereocenters. The van der Waals surface area contributed by atoms with E-state index in [9.17, 15) is 13.2 Å². The zero-order chi connectivity index (χ0) is 11.9. The lowest BCUT2D eigenvalue weighted by Crippen LogP contribution is -2.05. The second-order valence-electron chi connectivity index (χ2n) is 3.50. The molecule has 0 radical (unpaired) electrons. The molecule has 92 valence electrons. The van der Waals surface area contributed by atoms with Crippen LogP contribution in [0, 0.1) is 6.92 Å². The fourth-order valence-corrected chi connectivity index (χ4v) is 2.07. The first-order chi connectivity index (χ1) is 7.38. The molecule has 2 aromatic rings.